The summed E-state index contributed by atoms with van der Waals surface area (Å²) in [5, 5.41) is 0. The van der Waals surface area contributed by atoms with Crippen molar-refractivity contribution in [1.82, 2.24) is 4.31 Å². The van der Waals surface area contributed by atoms with E-state index in [9.17, 15) is 18.0 Å². The second kappa shape index (κ2) is 8.87. The molecule has 0 aliphatic carbocycles. The number of hydrogen-bond donors (Lipinski definition) is 0. The summed E-state index contributed by atoms with van der Waals surface area (Å²) in [5.41, 5.74) is 1.67. The van der Waals surface area contributed by atoms with E-state index < -0.39 is 33.8 Å². The number of ether oxygens (including phenoxy) is 2. The first-order valence-electron chi connectivity index (χ1n) is 9.01. The van der Waals surface area contributed by atoms with Gasteiger partial charge in [0.05, 0.1) is 19.1 Å². The van der Waals surface area contributed by atoms with Crippen molar-refractivity contribution in [2.24, 2.45) is 17.8 Å². The van der Waals surface area contributed by atoms with Gasteiger partial charge in [-0.3, -0.25) is 9.59 Å². The van der Waals surface area contributed by atoms with E-state index >= 15 is 0 Å². The maximum absolute atomic E-state index is 13.0. The lowest BCUT2D eigenvalue weighted by Gasteiger charge is -2.40. The molecule has 0 radical (unpaired) electrons. The first-order valence-corrected chi connectivity index (χ1v) is 10.4. The number of methoxy groups -OCH3 is 2. The Labute approximate surface area is 166 Å². The highest BCUT2D eigenvalue weighted by atomic mass is 32.2. The van der Waals surface area contributed by atoms with Gasteiger partial charge in [-0.25, -0.2) is 8.42 Å². The summed E-state index contributed by atoms with van der Waals surface area (Å²) in [5.74, 6) is -3.30. The maximum atomic E-state index is 13.0. The topological polar surface area (TPSA) is 90.0 Å². The van der Waals surface area contributed by atoms with E-state index in [-0.39, 0.29) is 23.9 Å². The normalized spacial score (nSPS) is 20.6. The van der Waals surface area contributed by atoms with Gasteiger partial charge in [-0.2, -0.15) is 4.31 Å². The fourth-order valence-corrected chi connectivity index (χ4v) is 5.12. The molecule has 7 nitrogen and oxygen atoms in total. The van der Waals surface area contributed by atoms with Crippen molar-refractivity contribution < 1.29 is 27.5 Å². The molecule has 0 spiro atoms. The smallest absolute Gasteiger partial charge is 0.320 e. The van der Waals surface area contributed by atoms with Crippen LogP contribution in [0.25, 0.3) is 0 Å². The van der Waals surface area contributed by atoms with Crippen LogP contribution in [0, 0.1) is 24.7 Å². The minimum absolute atomic E-state index is 0.140. The Morgan fingerprint density at radius 1 is 1.14 bits per heavy atom. The number of piperidine rings is 1. The van der Waals surface area contributed by atoms with E-state index in [1.165, 1.54) is 18.5 Å². The second-order valence-corrected chi connectivity index (χ2v) is 9.04. The molecule has 28 heavy (non-hydrogen) atoms. The molecule has 0 unspecified atom stereocenters. The third kappa shape index (κ3) is 4.44. The summed E-state index contributed by atoms with van der Waals surface area (Å²) in [4.78, 5) is 24.7. The molecule has 1 aromatic carbocycles. The minimum Gasteiger partial charge on any atom is -0.468 e. The lowest BCUT2D eigenvalue weighted by Crippen LogP contribution is -2.49. The van der Waals surface area contributed by atoms with Crippen molar-refractivity contribution in [3.05, 3.63) is 42.0 Å². The third-order valence-electron chi connectivity index (χ3n) is 5.26. The molecule has 0 N–H and O–H groups in total. The lowest BCUT2D eigenvalue weighted by molar-refractivity contribution is -0.163. The van der Waals surface area contributed by atoms with Crippen LogP contribution >= 0.6 is 0 Å². The molecule has 0 bridgehead atoms. The number of rotatable bonds is 6. The Kier molecular flexibility index (Phi) is 7.01. The Hall–Kier alpha value is -2.19. The molecule has 1 aliphatic heterocycles. The van der Waals surface area contributed by atoms with E-state index in [2.05, 4.69) is 6.58 Å². The molecule has 154 valence electrons. The van der Waals surface area contributed by atoms with Gasteiger partial charge >= 0.3 is 11.9 Å². The molecule has 2 rings (SSSR count). The SMILES string of the molecule is C=C(C)[C@H]1CN(S(=O)(=O)c2ccc(C)cc2)CC[C@@H]1C(C(=O)OC)C(=O)OC. The van der Waals surface area contributed by atoms with Crippen LogP contribution in [0.3, 0.4) is 0 Å². The molecule has 1 heterocycles. The molecule has 8 heteroatoms. The Morgan fingerprint density at radius 2 is 1.68 bits per heavy atom. The van der Waals surface area contributed by atoms with Crippen LogP contribution in [0.2, 0.25) is 0 Å². The molecule has 0 aromatic heterocycles. The second-order valence-electron chi connectivity index (χ2n) is 7.11. The molecular formula is C20H27NO6S. The number of benzene rings is 1. The van der Waals surface area contributed by atoms with Crippen LogP contribution in [0.15, 0.2) is 41.3 Å². The molecule has 2 atom stereocenters. The van der Waals surface area contributed by atoms with Crippen molar-refractivity contribution >= 4 is 22.0 Å². The summed E-state index contributed by atoms with van der Waals surface area (Å²) in [6.45, 7) is 7.94. The zero-order valence-corrected chi connectivity index (χ0v) is 17.5. The van der Waals surface area contributed by atoms with Gasteiger partial charge in [-0.05, 0) is 44.2 Å². The summed E-state index contributed by atoms with van der Waals surface area (Å²) in [6.07, 6.45) is 0.317. The first-order chi connectivity index (χ1) is 13.1. The van der Waals surface area contributed by atoms with E-state index in [1.807, 2.05) is 6.92 Å². The van der Waals surface area contributed by atoms with E-state index in [1.54, 1.807) is 31.2 Å². The highest BCUT2D eigenvalue weighted by Crippen LogP contribution is 2.37. The van der Waals surface area contributed by atoms with Crippen LogP contribution in [-0.4, -0.2) is 52.0 Å². The standard InChI is InChI=1S/C20H27NO6S/c1-13(2)17-12-21(28(24,25)15-8-6-14(3)7-9-15)11-10-16(17)18(19(22)26-4)20(23)27-5/h6-9,16-18H,1,10-12H2,2-5H3/t16-,17+/m0/s1. The Morgan fingerprint density at radius 3 is 2.14 bits per heavy atom. The van der Waals surface area contributed by atoms with Gasteiger partial charge in [-0.15, -0.1) is 0 Å². The van der Waals surface area contributed by atoms with Crippen molar-refractivity contribution in [2.45, 2.75) is 25.2 Å². The van der Waals surface area contributed by atoms with E-state index in [0.29, 0.717) is 12.0 Å². The summed E-state index contributed by atoms with van der Waals surface area (Å²) >= 11 is 0. The molecular weight excluding hydrogens is 382 g/mol. The van der Waals surface area contributed by atoms with Crippen LogP contribution in [0.4, 0.5) is 0 Å². The number of sulfonamides is 1. The zero-order valence-electron chi connectivity index (χ0n) is 16.7. The molecule has 1 saturated heterocycles. The fraction of sp³-hybridized carbons (Fsp3) is 0.500. The summed E-state index contributed by atoms with van der Waals surface area (Å²) in [7, 11) is -1.26. The van der Waals surface area contributed by atoms with Crippen molar-refractivity contribution in [3.63, 3.8) is 0 Å². The van der Waals surface area contributed by atoms with Crippen molar-refractivity contribution in [1.29, 1.82) is 0 Å². The lowest BCUT2D eigenvalue weighted by atomic mass is 9.74. The average molecular weight is 410 g/mol. The number of hydrogen-bond acceptors (Lipinski definition) is 6. The van der Waals surface area contributed by atoms with Gasteiger partial charge in [0.15, 0.2) is 5.92 Å². The molecule has 1 aliphatic rings. The van der Waals surface area contributed by atoms with Gasteiger partial charge in [0.1, 0.15) is 0 Å². The molecule has 0 amide bonds. The van der Waals surface area contributed by atoms with Crippen LogP contribution < -0.4 is 0 Å². The number of nitrogens with zero attached hydrogens (tertiary/aromatic N) is 1. The summed E-state index contributed by atoms with van der Waals surface area (Å²) < 4.78 is 37.0. The first kappa shape index (κ1) is 22.1. The molecule has 0 saturated carbocycles. The highest BCUT2D eigenvalue weighted by Gasteiger charge is 2.45. The number of aryl methyl sites for hydroxylation is 1. The fourth-order valence-electron chi connectivity index (χ4n) is 3.64. The van der Waals surface area contributed by atoms with Crippen LogP contribution in [0.5, 0.6) is 0 Å². The molecule has 1 aromatic rings. The highest BCUT2D eigenvalue weighted by molar-refractivity contribution is 7.89. The van der Waals surface area contributed by atoms with Gasteiger partial charge < -0.3 is 9.47 Å². The Balaban J connectivity index is 2.33. The van der Waals surface area contributed by atoms with Crippen LogP contribution in [-0.2, 0) is 29.1 Å². The van der Waals surface area contributed by atoms with Gasteiger partial charge in [0, 0.05) is 13.1 Å². The number of carbonyl (C=O) groups is 2. The van der Waals surface area contributed by atoms with Crippen molar-refractivity contribution in [2.75, 3.05) is 27.3 Å². The van der Waals surface area contributed by atoms with Crippen molar-refractivity contribution in [3.8, 4) is 0 Å². The van der Waals surface area contributed by atoms with Gasteiger partial charge in [0.25, 0.3) is 0 Å². The Bertz CT molecular complexity index is 830. The average Bonchev–Trinajstić information content (AvgIpc) is 2.67. The van der Waals surface area contributed by atoms with E-state index in [0.717, 1.165) is 5.56 Å². The largest absolute Gasteiger partial charge is 0.468 e. The maximum Gasteiger partial charge on any atom is 0.320 e. The quantitative estimate of drug-likeness (QED) is 0.406. The third-order valence-corrected chi connectivity index (χ3v) is 7.14. The van der Waals surface area contributed by atoms with Gasteiger partial charge in [-0.1, -0.05) is 29.8 Å². The molecule has 1 fully saturated rings. The van der Waals surface area contributed by atoms with Gasteiger partial charge in [0.2, 0.25) is 10.0 Å². The predicted octanol–water partition coefficient (Wildman–Crippen LogP) is 2.16. The number of esters is 2. The predicted molar refractivity (Wildman–Crippen MR) is 104 cm³/mol. The minimum atomic E-state index is -3.69. The van der Waals surface area contributed by atoms with Crippen LogP contribution in [0.1, 0.15) is 18.9 Å². The van der Waals surface area contributed by atoms with E-state index in [4.69, 9.17) is 9.47 Å². The summed E-state index contributed by atoms with van der Waals surface area (Å²) in [6, 6.07) is 6.66. The monoisotopic (exact) mass is 409 g/mol. The number of carbonyl (C=O) groups excluding carboxylic acids is 2. The zero-order chi connectivity index (χ0) is 21.1.